The van der Waals surface area contributed by atoms with Crippen LogP contribution < -0.4 is 4.90 Å². The van der Waals surface area contributed by atoms with Crippen molar-refractivity contribution in [3.05, 3.63) is 70.3 Å². The normalized spacial score (nSPS) is 15.2. The molecular formula is C23H27N3O5. The number of nitrogens with zero attached hydrogens (tertiary/aromatic N) is 3. The molecule has 31 heavy (non-hydrogen) atoms. The van der Waals surface area contributed by atoms with Gasteiger partial charge in [0.1, 0.15) is 5.69 Å². The first-order valence-corrected chi connectivity index (χ1v) is 10.3. The van der Waals surface area contributed by atoms with Crippen LogP contribution in [-0.4, -0.2) is 47.9 Å². The lowest BCUT2D eigenvalue weighted by atomic mass is 9.96. The molecule has 0 aromatic heterocycles. The topological polar surface area (TPSA) is 93.0 Å². The van der Waals surface area contributed by atoms with Crippen molar-refractivity contribution in [3.8, 4) is 0 Å². The Labute approximate surface area is 181 Å². The molecule has 3 rings (SSSR count). The molecule has 0 saturated carbocycles. The molecule has 1 fully saturated rings. The zero-order chi connectivity index (χ0) is 22.4. The van der Waals surface area contributed by atoms with Gasteiger partial charge in [-0.3, -0.25) is 19.7 Å². The minimum absolute atomic E-state index is 0.0594. The molecule has 1 heterocycles. The maximum absolute atomic E-state index is 12.6. The van der Waals surface area contributed by atoms with Crippen LogP contribution in [0.3, 0.4) is 0 Å². The lowest BCUT2D eigenvalue weighted by molar-refractivity contribution is -0.384. The SMILES string of the molecule is C[C@@H](OC(=O)C1CCN(c2ccccc2[N+](=O)[O-])CC1)C(=O)N(C)Cc1ccccc1. The Morgan fingerprint density at radius 2 is 1.74 bits per heavy atom. The third-order valence-corrected chi connectivity index (χ3v) is 5.53. The van der Waals surface area contributed by atoms with Crippen LogP contribution in [0.1, 0.15) is 25.3 Å². The molecule has 2 aromatic carbocycles. The van der Waals surface area contributed by atoms with Gasteiger partial charge in [0, 0.05) is 32.7 Å². The summed E-state index contributed by atoms with van der Waals surface area (Å²) in [5, 5.41) is 11.3. The second kappa shape index (κ2) is 10.1. The summed E-state index contributed by atoms with van der Waals surface area (Å²) in [4.78, 5) is 39.5. The van der Waals surface area contributed by atoms with Crippen LogP contribution in [0.2, 0.25) is 0 Å². The average Bonchev–Trinajstić information content (AvgIpc) is 2.79. The molecule has 1 aliphatic rings. The van der Waals surface area contributed by atoms with Crippen molar-refractivity contribution in [1.82, 2.24) is 4.90 Å². The molecule has 1 amide bonds. The quantitative estimate of drug-likeness (QED) is 0.383. The molecule has 8 nitrogen and oxygen atoms in total. The van der Waals surface area contributed by atoms with Crippen molar-refractivity contribution in [2.45, 2.75) is 32.4 Å². The lowest BCUT2D eigenvalue weighted by Gasteiger charge is -2.32. The number of piperidine rings is 1. The van der Waals surface area contributed by atoms with Gasteiger partial charge < -0.3 is 14.5 Å². The molecule has 0 bridgehead atoms. The van der Waals surface area contributed by atoms with E-state index in [4.69, 9.17) is 4.74 Å². The van der Waals surface area contributed by atoms with Crippen LogP contribution in [0.15, 0.2) is 54.6 Å². The van der Waals surface area contributed by atoms with Crippen LogP contribution in [0.4, 0.5) is 11.4 Å². The highest BCUT2D eigenvalue weighted by Crippen LogP contribution is 2.31. The molecule has 0 radical (unpaired) electrons. The lowest BCUT2D eigenvalue weighted by Crippen LogP contribution is -2.41. The Morgan fingerprint density at radius 3 is 2.39 bits per heavy atom. The summed E-state index contributed by atoms with van der Waals surface area (Å²) in [6.07, 6.45) is 0.173. The van der Waals surface area contributed by atoms with Gasteiger partial charge in [0.05, 0.1) is 10.8 Å². The van der Waals surface area contributed by atoms with E-state index in [1.165, 1.54) is 6.07 Å². The third kappa shape index (κ3) is 5.59. The number of hydrogen-bond donors (Lipinski definition) is 0. The number of para-hydroxylation sites is 2. The fraction of sp³-hybridized carbons (Fsp3) is 0.391. The number of hydrogen-bond acceptors (Lipinski definition) is 6. The van der Waals surface area contributed by atoms with Crippen molar-refractivity contribution in [3.63, 3.8) is 0 Å². The van der Waals surface area contributed by atoms with Gasteiger partial charge in [-0.2, -0.15) is 0 Å². The summed E-state index contributed by atoms with van der Waals surface area (Å²) in [5.41, 5.74) is 1.62. The fourth-order valence-corrected chi connectivity index (χ4v) is 3.81. The van der Waals surface area contributed by atoms with Gasteiger partial charge in [0.2, 0.25) is 0 Å². The van der Waals surface area contributed by atoms with E-state index in [9.17, 15) is 19.7 Å². The number of likely N-dealkylation sites (N-methyl/N-ethyl adjacent to an activating group) is 1. The van der Waals surface area contributed by atoms with Crippen LogP contribution >= 0.6 is 0 Å². The summed E-state index contributed by atoms with van der Waals surface area (Å²) in [5.74, 6) is -0.973. The van der Waals surface area contributed by atoms with E-state index < -0.39 is 17.0 Å². The number of nitro benzene ring substituents is 1. The van der Waals surface area contributed by atoms with Crippen molar-refractivity contribution < 1.29 is 19.2 Å². The molecule has 0 spiro atoms. The molecular weight excluding hydrogens is 398 g/mol. The second-order valence-electron chi connectivity index (χ2n) is 7.77. The monoisotopic (exact) mass is 425 g/mol. The van der Waals surface area contributed by atoms with Crippen molar-refractivity contribution in [2.24, 2.45) is 5.92 Å². The maximum Gasteiger partial charge on any atom is 0.309 e. The molecule has 0 N–H and O–H groups in total. The van der Waals surface area contributed by atoms with E-state index in [2.05, 4.69) is 0 Å². The van der Waals surface area contributed by atoms with Gasteiger partial charge in [-0.25, -0.2) is 0 Å². The fourth-order valence-electron chi connectivity index (χ4n) is 3.81. The van der Waals surface area contributed by atoms with Crippen molar-refractivity contribution in [2.75, 3.05) is 25.0 Å². The molecule has 1 saturated heterocycles. The van der Waals surface area contributed by atoms with Crippen LogP contribution in [0.25, 0.3) is 0 Å². The van der Waals surface area contributed by atoms with E-state index in [1.54, 1.807) is 37.1 Å². The Balaban J connectivity index is 1.51. The van der Waals surface area contributed by atoms with E-state index in [-0.39, 0.29) is 17.5 Å². The number of ether oxygens (including phenoxy) is 1. The third-order valence-electron chi connectivity index (χ3n) is 5.53. The Bertz CT molecular complexity index is 926. The van der Waals surface area contributed by atoms with Crippen molar-refractivity contribution >= 4 is 23.3 Å². The molecule has 2 aromatic rings. The number of carbonyl (C=O) groups excluding carboxylic acids is 2. The van der Waals surface area contributed by atoms with E-state index >= 15 is 0 Å². The average molecular weight is 425 g/mol. The van der Waals surface area contributed by atoms with E-state index in [0.29, 0.717) is 38.2 Å². The minimum Gasteiger partial charge on any atom is -0.452 e. The first kappa shape index (κ1) is 22.3. The highest BCUT2D eigenvalue weighted by molar-refractivity contribution is 5.84. The molecule has 8 heteroatoms. The molecule has 0 unspecified atom stereocenters. The van der Waals surface area contributed by atoms with E-state index in [0.717, 1.165) is 5.56 Å². The zero-order valence-corrected chi connectivity index (χ0v) is 17.8. The molecule has 1 atom stereocenters. The Kier molecular flexibility index (Phi) is 7.23. The summed E-state index contributed by atoms with van der Waals surface area (Å²) >= 11 is 0. The van der Waals surface area contributed by atoms with E-state index in [1.807, 2.05) is 35.2 Å². The summed E-state index contributed by atoms with van der Waals surface area (Å²) in [6, 6.07) is 16.2. The molecule has 164 valence electrons. The van der Waals surface area contributed by atoms with Crippen molar-refractivity contribution in [1.29, 1.82) is 0 Å². The predicted molar refractivity (Wildman–Crippen MR) is 117 cm³/mol. The van der Waals surface area contributed by atoms with Crippen LogP contribution in [0, 0.1) is 16.0 Å². The summed E-state index contributed by atoms with van der Waals surface area (Å²) in [6.45, 7) is 3.06. The Morgan fingerprint density at radius 1 is 1.13 bits per heavy atom. The smallest absolute Gasteiger partial charge is 0.309 e. The Hall–Kier alpha value is -3.42. The largest absolute Gasteiger partial charge is 0.452 e. The number of amides is 1. The number of esters is 1. The number of rotatable bonds is 7. The van der Waals surface area contributed by atoms with Crippen LogP contribution in [-0.2, 0) is 20.9 Å². The van der Waals surface area contributed by atoms with Gasteiger partial charge >= 0.3 is 5.97 Å². The minimum atomic E-state index is -0.866. The van der Waals surface area contributed by atoms with Gasteiger partial charge in [-0.05, 0) is 31.4 Å². The zero-order valence-electron chi connectivity index (χ0n) is 17.8. The predicted octanol–water partition coefficient (Wildman–Crippen LogP) is 3.40. The molecule has 1 aliphatic heterocycles. The van der Waals surface area contributed by atoms with Gasteiger partial charge in [-0.1, -0.05) is 42.5 Å². The molecule has 0 aliphatic carbocycles. The number of benzene rings is 2. The summed E-state index contributed by atoms with van der Waals surface area (Å²) in [7, 11) is 1.69. The van der Waals surface area contributed by atoms with Gasteiger partial charge in [-0.15, -0.1) is 0 Å². The number of nitro groups is 1. The second-order valence-corrected chi connectivity index (χ2v) is 7.77. The number of carbonyl (C=O) groups is 2. The standard InChI is InChI=1S/C23H27N3O5/c1-17(22(27)24(2)16-18-8-4-3-5-9-18)31-23(28)19-12-14-25(15-13-19)20-10-6-7-11-21(20)26(29)30/h3-11,17,19H,12-16H2,1-2H3/t17-/m1/s1. The van der Waals surface area contributed by atoms with Gasteiger partial charge in [0.25, 0.3) is 11.6 Å². The summed E-state index contributed by atoms with van der Waals surface area (Å²) < 4.78 is 5.46. The maximum atomic E-state index is 12.6. The highest BCUT2D eigenvalue weighted by Gasteiger charge is 2.31. The highest BCUT2D eigenvalue weighted by atomic mass is 16.6. The first-order valence-electron chi connectivity index (χ1n) is 10.3. The van der Waals surface area contributed by atoms with Gasteiger partial charge in [0.15, 0.2) is 6.10 Å². The van der Waals surface area contributed by atoms with Crippen LogP contribution in [0.5, 0.6) is 0 Å². The number of anilines is 1. The first-order chi connectivity index (χ1) is 14.9.